The van der Waals surface area contributed by atoms with Gasteiger partial charge < -0.3 is 11.1 Å². The molecule has 1 saturated carbocycles. The molecule has 1 heterocycles. The quantitative estimate of drug-likeness (QED) is 0.817. The highest BCUT2D eigenvalue weighted by Gasteiger charge is 2.19. The van der Waals surface area contributed by atoms with Crippen molar-refractivity contribution < 1.29 is 0 Å². The van der Waals surface area contributed by atoms with Gasteiger partial charge in [-0.05, 0) is 50.3 Å². The molecule has 0 aromatic carbocycles. The highest BCUT2D eigenvalue weighted by molar-refractivity contribution is 5.14. The first kappa shape index (κ1) is 11.6. The highest BCUT2D eigenvalue weighted by atomic mass is 14.9. The van der Waals surface area contributed by atoms with Gasteiger partial charge in [0, 0.05) is 30.5 Å². The van der Waals surface area contributed by atoms with Crippen molar-refractivity contribution in [2.45, 2.75) is 50.7 Å². The van der Waals surface area contributed by atoms with Crippen molar-refractivity contribution in [1.29, 1.82) is 0 Å². The van der Waals surface area contributed by atoms with Gasteiger partial charge in [-0.15, -0.1) is 0 Å². The summed E-state index contributed by atoms with van der Waals surface area (Å²) in [4.78, 5) is 4.04. The summed E-state index contributed by atoms with van der Waals surface area (Å²) in [6.45, 7) is 2.21. The van der Waals surface area contributed by atoms with E-state index >= 15 is 0 Å². The van der Waals surface area contributed by atoms with Gasteiger partial charge in [0.1, 0.15) is 0 Å². The highest BCUT2D eigenvalue weighted by Crippen LogP contribution is 2.20. The number of rotatable bonds is 3. The summed E-state index contributed by atoms with van der Waals surface area (Å²) in [5.74, 6) is 0. The standard InChI is InChI=1S/C13H21N3/c1-10(11-6-8-15-9-7-11)16-13-4-2-12(14)3-5-13/h6-10,12-13,16H,2-5,14H2,1H3. The lowest BCUT2D eigenvalue weighted by molar-refractivity contribution is 0.322. The molecule has 1 aliphatic carbocycles. The van der Waals surface area contributed by atoms with Crippen LogP contribution in [0.5, 0.6) is 0 Å². The average molecular weight is 219 g/mol. The van der Waals surface area contributed by atoms with E-state index in [4.69, 9.17) is 5.73 Å². The Bertz CT molecular complexity index is 304. The Morgan fingerprint density at radius 3 is 2.50 bits per heavy atom. The molecule has 0 amide bonds. The third-order valence-electron chi connectivity index (χ3n) is 3.46. The van der Waals surface area contributed by atoms with Gasteiger partial charge in [-0.1, -0.05) is 0 Å². The summed E-state index contributed by atoms with van der Waals surface area (Å²) in [5.41, 5.74) is 7.21. The van der Waals surface area contributed by atoms with E-state index in [1.807, 2.05) is 12.4 Å². The number of hydrogen-bond acceptors (Lipinski definition) is 3. The van der Waals surface area contributed by atoms with E-state index in [2.05, 4.69) is 29.4 Å². The molecule has 1 aromatic rings. The average Bonchev–Trinajstić information content (AvgIpc) is 2.33. The third kappa shape index (κ3) is 3.03. The van der Waals surface area contributed by atoms with Gasteiger partial charge in [-0.2, -0.15) is 0 Å². The molecule has 1 fully saturated rings. The zero-order chi connectivity index (χ0) is 11.4. The first-order valence-electron chi connectivity index (χ1n) is 6.17. The van der Waals surface area contributed by atoms with E-state index in [0.29, 0.717) is 18.1 Å². The summed E-state index contributed by atoms with van der Waals surface area (Å²) in [6.07, 6.45) is 8.42. The fourth-order valence-electron chi connectivity index (χ4n) is 2.39. The monoisotopic (exact) mass is 219 g/mol. The van der Waals surface area contributed by atoms with Crippen LogP contribution in [0, 0.1) is 0 Å². The Labute approximate surface area is 97.5 Å². The van der Waals surface area contributed by atoms with E-state index in [0.717, 1.165) is 12.8 Å². The molecule has 2 rings (SSSR count). The van der Waals surface area contributed by atoms with Gasteiger partial charge in [0.05, 0.1) is 0 Å². The summed E-state index contributed by atoms with van der Waals surface area (Å²) in [6, 6.07) is 5.61. The maximum Gasteiger partial charge on any atom is 0.0295 e. The molecule has 0 bridgehead atoms. The van der Waals surface area contributed by atoms with Crippen LogP contribution in [0.4, 0.5) is 0 Å². The topological polar surface area (TPSA) is 50.9 Å². The number of nitrogens with two attached hydrogens (primary N) is 1. The number of nitrogens with zero attached hydrogens (tertiary/aromatic N) is 1. The van der Waals surface area contributed by atoms with Crippen molar-refractivity contribution in [2.24, 2.45) is 5.73 Å². The molecule has 1 aliphatic rings. The van der Waals surface area contributed by atoms with Gasteiger partial charge in [-0.3, -0.25) is 4.98 Å². The first-order chi connectivity index (χ1) is 7.75. The molecule has 0 spiro atoms. The minimum absolute atomic E-state index is 0.405. The van der Waals surface area contributed by atoms with Gasteiger partial charge in [-0.25, -0.2) is 0 Å². The Hall–Kier alpha value is -0.930. The molecular formula is C13H21N3. The van der Waals surface area contributed by atoms with Crippen molar-refractivity contribution in [3.05, 3.63) is 30.1 Å². The number of aromatic nitrogens is 1. The minimum Gasteiger partial charge on any atom is -0.328 e. The second kappa shape index (κ2) is 5.41. The van der Waals surface area contributed by atoms with Crippen LogP contribution in [-0.4, -0.2) is 17.1 Å². The lowest BCUT2D eigenvalue weighted by Crippen LogP contribution is -2.38. The van der Waals surface area contributed by atoms with Crippen molar-refractivity contribution in [3.63, 3.8) is 0 Å². The predicted octanol–water partition coefficient (Wildman–Crippen LogP) is 2.00. The first-order valence-corrected chi connectivity index (χ1v) is 6.17. The fourth-order valence-corrected chi connectivity index (χ4v) is 2.39. The molecule has 3 N–H and O–H groups in total. The van der Waals surface area contributed by atoms with Crippen LogP contribution in [0.3, 0.4) is 0 Å². The SMILES string of the molecule is CC(NC1CCC(N)CC1)c1ccncc1. The zero-order valence-corrected chi connectivity index (χ0v) is 9.89. The Morgan fingerprint density at radius 1 is 1.25 bits per heavy atom. The normalized spacial score (nSPS) is 27.6. The zero-order valence-electron chi connectivity index (χ0n) is 9.89. The number of hydrogen-bond donors (Lipinski definition) is 2. The molecule has 3 heteroatoms. The van der Waals surface area contributed by atoms with E-state index in [1.54, 1.807) is 0 Å². The molecule has 1 atom stereocenters. The number of nitrogens with one attached hydrogen (secondary N) is 1. The second-order valence-electron chi connectivity index (χ2n) is 4.78. The third-order valence-corrected chi connectivity index (χ3v) is 3.46. The maximum absolute atomic E-state index is 5.90. The van der Waals surface area contributed by atoms with Crippen LogP contribution in [0.1, 0.15) is 44.2 Å². The van der Waals surface area contributed by atoms with Gasteiger partial charge in [0.2, 0.25) is 0 Å². The Balaban J connectivity index is 1.86. The molecule has 16 heavy (non-hydrogen) atoms. The molecule has 88 valence electrons. The van der Waals surface area contributed by atoms with Crippen molar-refractivity contribution in [1.82, 2.24) is 10.3 Å². The van der Waals surface area contributed by atoms with Crippen LogP contribution < -0.4 is 11.1 Å². The van der Waals surface area contributed by atoms with Crippen LogP contribution in [-0.2, 0) is 0 Å². The smallest absolute Gasteiger partial charge is 0.0295 e. The van der Waals surface area contributed by atoms with Crippen LogP contribution in [0.25, 0.3) is 0 Å². The molecule has 1 aromatic heterocycles. The van der Waals surface area contributed by atoms with Gasteiger partial charge in [0.25, 0.3) is 0 Å². The fraction of sp³-hybridized carbons (Fsp3) is 0.615. The second-order valence-corrected chi connectivity index (χ2v) is 4.78. The summed E-state index contributed by atoms with van der Waals surface area (Å²) < 4.78 is 0. The predicted molar refractivity (Wildman–Crippen MR) is 66.0 cm³/mol. The summed E-state index contributed by atoms with van der Waals surface area (Å²) in [7, 11) is 0. The Morgan fingerprint density at radius 2 is 1.88 bits per heavy atom. The molecule has 3 nitrogen and oxygen atoms in total. The summed E-state index contributed by atoms with van der Waals surface area (Å²) >= 11 is 0. The van der Waals surface area contributed by atoms with Crippen molar-refractivity contribution in [2.75, 3.05) is 0 Å². The van der Waals surface area contributed by atoms with Gasteiger partial charge in [0.15, 0.2) is 0 Å². The Kier molecular flexibility index (Phi) is 3.91. The lowest BCUT2D eigenvalue weighted by atomic mass is 9.91. The molecule has 0 radical (unpaired) electrons. The van der Waals surface area contributed by atoms with Crippen LogP contribution in [0.2, 0.25) is 0 Å². The molecule has 0 saturated heterocycles. The minimum atomic E-state index is 0.405. The largest absolute Gasteiger partial charge is 0.328 e. The molecule has 1 unspecified atom stereocenters. The number of pyridine rings is 1. The summed E-state index contributed by atoms with van der Waals surface area (Å²) in [5, 5.41) is 3.67. The maximum atomic E-state index is 5.90. The molecular weight excluding hydrogens is 198 g/mol. The van der Waals surface area contributed by atoms with E-state index in [1.165, 1.54) is 18.4 Å². The van der Waals surface area contributed by atoms with Crippen molar-refractivity contribution in [3.8, 4) is 0 Å². The lowest BCUT2D eigenvalue weighted by Gasteiger charge is -2.29. The van der Waals surface area contributed by atoms with Crippen LogP contribution >= 0.6 is 0 Å². The van der Waals surface area contributed by atoms with Crippen LogP contribution in [0.15, 0.2) is 24.5 Å². The van der Waals surface area contributed by atoms with E-state index in [9.17, 15) is 0 Å². The van der Waals surface area contributed by atoms with Crippen molar-refractivity contribution >= 4 is 0 Å². The van der Waals surface area contributed by atoms with E-state index in [-0.39, 0.29) is 0 Å². The molecule has 0 aliphatic heterocycles. The van der Waals surface area contributed by atoms with E-state index < -0.39 is 0 Å². The van der Waals surface area contributed by atoms with Gasteiger partial charge >= 0.3 is 0 Å².